The van der Waals surface area contributed by atoms with Crippen LogP contribution >= 0.6 is 24.0 Å². The highest BCUT2D eigenvalue weighted by molar-refractivity contribution is 14.0. The monoisotopic (exact) mass is 534 g/mol. The van der Waals surface area contributed by atoms with Crippen molar-refractivity contribution in [3.05, 3.63) is 70.8 Å². The molecular formula is C21H26F3IN4O. The second-order valence-electron chi connectivity index (χ2n) is 6.70. The van der Waals surface area contributed by atoms with Gasteiger partial charge in [-0.25, -0.2) is 0 Å². The van der Waals surface area contributed by atoms with E-state index >= 15 is 0 Å². The topological polar surface area (TPSA) is 56.7 Å². The van der Waals surface area contributed by atoms with Gasteiger partial charge in [0.1, 0.15) is 0 Å². The SMILES string of the molecule is CN=C(NCCc1cccc(C(=O)N(C)C)c1)NCc1ccc(C(F)(F)F)cc1.I. The van der Waals surface area contributed by atoms with Crippen molar-refractivity contribution in [2.24, 2.45) is 4.99 Å². The van der Waals surface area contributed by atoms with Gasteiger partial charge in [-0.05, 0) is 41.8 Å². The standard InChI is InChI=1S/C21H25F3N4O.HI/c1-25-20(27-14-16-7-9-18(10-8-16)21(22,23)24)26-12-11-15-5-4-6-17(13-15)19(29)28(2)3;/h4-10,13H,11-12,14H2,1-3H3,(H2,25,26,27);1H. The van der Waals surface area contributed by atoms with Gasteiger partial charge in [-0.2, -0.15) is 13.2 Å². The highest BCUT2D eigenvalue weighted by Gasteiger charge is 2.29. The molecule has 30 heavy (non-hydrogen) atoms. The zero-order valence-electron chi connectivity index (χ0n) is 17.1. The Hall–Kier alpha value is -2.30. The maximum absolute atomic E-state index is 12.6. The molecule has 2 aromatic rings. The molecule has 0 bridgehead atoms. The average Bonchev–Trinajstić information content (AvgIpc) is 2.69. The molecule has 0 radical (unpaired) electrons. The highest BCUT2D eigenvalue weighted by Crippen LogP contribution is 2.29. The van der Waals surface area contributed by atoms with Crippen molar-refractivity contribution in [1.82, 2.24) is 15.5 Å². The van der Waals surface area contributed by atoms with E-state index in [0.717, 1.165) is 23.3 Å². The van der Waals surface area contributed by atoms with Crippen LogP contribution in [0.4, 0.5) is 13.2 Å². The maximum Gasteiger partial charge on any atom is 0.416 e. The van der Waals surface area contributed by atoms with E-state index in [2.05, 4.69) is 15.6 Å². The van der Waals surface area contributed by atoms with Crippen LogP contribution in [0.5, 0.6) is 0 Å². The van der Waals surface area contributed by atoms with E-state index in [9.17, 15) is 18.0 Å². The fourth-order valence-corrected chi connectivity index (χ4v) is 2.66. The van der Waals surface area contributed by atoms with Crippen molar-refractivity contribution >= 4 is 35.8 Å². The van der Waals surface area contributed by atoms with Gasteiger partial charge in [-0.3, -0.25) is 9.79 Å². The van der Waals surface area contributed by atoms with Gasteiger partial charge in [0, 0.05) is 39.8 Å². The van der Waals surface area contributed by atoms with E-state index in [0.29, 0.717) is 31.0 Å². The summed E-state index contributed by atoms with van der Waals surface area (Å²) in [6.07, 6.45) is -3.65. The number of hydrogen-bond donors (Lipinski definition) is 2. The molecule has 0 saturated heterocycles. The smallest absolute Gasteiger partial charge is 0.356 e. The number of halogens is 4. The third-order valence-corrected chi connectivity index (χ3v) is 4.25. The molecule has 0 aromatic heterocycles. The average molecular weight is 534 g/mol. The molecule has 0 heterocycles. The summed E-state index contributed by atoms with van der Waals surface area (Å²) in [5.74, 6) is 0.499. The van der Waals surface area contributed by atoms with Crippen LogP contribution < -0.4 is 10.6 Å². The zero-order chi connectivity index (χ0) is 21.4. The predicted octanol–water partition coefficient (Wildman–Crippen LogP) is 3.93. The Balaban J connectivity index is 0.00000450. The molecule has 0 aliphatic carbocycles. The van der Waals surface area contributed by atoms with Gasteiger partial charge in [-0.15, -0.1) is 24.0 Å². The van der Waals surface area contributed by atoms with E-state index in [1.807, 2.05) is 18.2 Å². The normalized spacial score (nSPS) is 11.5. The number of amides is 1. The zero-order valence-corrected chi connectivity index (χ0v) is 19.4. The molecule has 0 spiro atoms. The Morgan fingerprint density at radius 1 is 1.03 bits per heavy atom. The lowest BCUT2D eigenvalue weighted by molar-refractivity contribution is -0.137. The number of nitrogens with zero attached hydrogens (tertiary/aromatic N) is 2. The van der Waals surface area contributed by atoms with Crippen LogP contribution in [-0.4, -0.2) is 44.5 Å². The maximum atomic E-state index is 12.6. The van der Waals surface area contributed by atoms with Crippen LogP contribution in [0, 0.1) is 0 Å². The first kappa shape index (κ1) is 25.7. The summed E-state index contributed by atoms with van der Waals surface area (Å²) < 4.78 is 37.8. The number of benzene rings is 2. The minimum atomic E-state index is -4.34. The summed E-state index contributed by atoms with van der Waals surface area (Å²) in [7, 11) is 5.05. The van der Waals surface area contributed by atoms with Crippen molar-refractivity contribution in [3.8, 4) is 0 Å². The molecular weight excluding hydrogens is 508 g/mol. The number of carbonyl (C=O) groups excluding carboxylic acids is 1. The Labute approximate surface area is 191 Å². The predicted molar refractivity (Wildman–Crippen MR) is 123 cm³/mol. The first-order valence-corrected chi connectivity index (χ1v) is 9.12. The summed E-state index contributed by atoms with van der Waals surface area (Å²) in [5.41, 5.74) is 1.70. The van der Waals surface area contributed by atoms with Crippen LogP contribution in [0.1, 0.15) is 27.0 Å². The summed E-state index contributed by atoms with van der Waals surface area (Å²) in [5, 5.41) is 6.23. The lowest BCUT2D eigenvalue weighted by atomic mass is 10.1. The van der Waals surface area contributed by atoms with E-state index in [1.54, 1.807) is 27.2 Å². The first-order chi connectivity index (χ1) is 13.7. The Bertz CT molecular complexity index is 852. The molecule has 0 saturated carbocycles. The molecule has 2 rings (SSSR count). The summed E-state index contributed by atoms with van der Waals surface area (Å²) in [6.45, 7) is 0.941. The molecule has 0 aliphatic heterocycles. The van der Waals surface area contributed by atoms with Crippen molar-refractivity contribution in [1.29, 1.82) is 0 Å². The number of rotatable bonds is 6. The lowest BCUT2D eigenvalue weighted by Crippen LogP contribution is -2.37. The molecule has 164 valence electrons. The quantitative estimate of drug-likeness (QED) is 0.336. The van der Waals surface area contributed by atoms with E-state index < -0.39 is 11.7 Å². The molecule has 2 N–H and O–H groups in total. The number of carbonyl (C=O) groups is 1. The van der Waals surface area contributed by atoms with Crippen molar-refractivity contribution < 1.29 is 18.0 Å². The molecule has 0 aliphatic rings. The van der Waals surface area contributed by atoms with Crippen molar-refractivity contribution in [2.75, 3.05) is 27.7 Å². The van der Waals surface area contributed by atoms with Crippen LogP contribution in [0.25, 0.3) is 0 Å². The van der Waals surface area contributed by atoms with Gasteiger partial charge in [-0.1, -0.05) is 24.3 Å². The molecule has 0 unspecified atom stereocenters. The molecule has 2 aromatic carbocycles. The summed E-state index contributed by atoms with van der Waals surface area (Å²) in [4.78, 5) is 17.7. The van der Waals surface area contributed by atoms with Gasteiger partial charge in [0.25, 0.3) is 5.91 Å². The van der Waals surface area contributed by atoms with Crippen molar-refractivity contribution in [2.45, 2.75) is 19.1 Å². The van der Waals surface area contributed by atoms with E-state index in [1.165, 1.54) is 17.0 Å². The number of nitrogens with one attached hydrogen (secondary N) is 2. The molecule has 9 heteroatoms. The van der Waals surface area contributed by atoms with Crippen LogP contribution in [-0.2, 0) is 19.1 Å². The number of hydrogen-bond acceptors (Lipinski definition) is 2. The molecule has 1 amide bonds. The number of alkyl halides is 3. The van der Waals surface area contributed by atoms with Gasteiger partial charge in [0.2, 0.25) is 0 Å². The van der Waals surface area contributed by atoms with Gasteiger partial charge >= 0.3 is 6.18 Å². The molecule has 0 fully saturated rings. The summed E-state index contributed by atoms with van der Waals surface area (Å²) in [6, 6.07) is 12.5. The molecule has 5 nitrogen and oxygen atoms in total. The Morgan fingerprint density at radius 2 is 1.70 bits per heavy atom. The minimum Gasteiger partial charge on any atom is -0.356 e. The van der Waals surface area contributed by atoms with Gasteiger partial charge in [0.15, 0.2) is 5.96 Å². The van der Waals surface area contributed by atoms with Crippen LogP contribution in [0.2, 0.25) is 0 Å². The lowest BCUT2D eigenvalue weighted by Gasteiger charge is -2.14. The second-order valence-corrected chi connectivity index (χ2v) is 6.70. The van der Waals surface area contributed by atoms with E-state index in [-0.39, 0.29) is 29.9 Å². The van der Waals surface area contributed by atoms with Gasteiger partial charge < -0.3 is 15.5 Å². The summed E-state index contributed by atoms with van der Waals surface area (Å²) >= 11 is 0. The van der Waals surface area contributed by atoms with E-state index in [4.69, 9.17) is 0 Å². The third-order valence-electron chi connectivity index (χ3n) is 4.25. The fourth-order valence-electron chi connectivity index (χ4n) is 2.66. The van der Waals surface area contributed by atoms with Crippen LogP contribution in [0.15, 0.2) is 53.5 Å². The Morgan fingerprint density at radius 3 is 2.27 bits per heavy atom. The fraction of sp³-hybridized carbons (Fsp3) is 0.333. The highest BCUT2D eigenvalue weighted by atomic mass is 127. The van der Waals surface area contributed by atoms with Crippen LogP contribution in [0.3, 0.4) is 0 Å². The number of aliphatic imine (C=N–C) groups is 1. The largest absolute Gasteiger partial charge is 0.416 e. The minimum absolute atomic E-state index is 0. The third kappa shape index (κ3) is 7.85. The first-order valence-electron chi connectivity index (χ1n) is 9.12. The number of guanidine groups is 1. The second kappa shape index (κ2) is 11.8. The molecule has 0 atom stereocenters. The Kier molecular flexibility index (Phi) is 10.1. The van der Waals surface area contributed by atoms with Gasteiger partial charge in [0.05, 0.1) is 5.56 Å². The van der Waals surface area contributed by atoms with Crippen molar-refractivity contribution in [3.63, 3.8) is 0 Å².